The van der Waals surface area contributed by atoms with Crippen molar-refractivity contribution in [3.05, 3.63) is 53.1 Å². The Hall–Kier alpha value is -2.82. The first-order chi connectivity index (χ1) is 11.0. The lowest BCUT2D eigenvalue weighted by molar-refractivity contribution is 0.102. The molecule has 1 aromatic heterocycles. The number of aromatic nitrogens is 2. The Balaban J connectivity index is 1.90. The Kier molecular flexibility index (Phi) is 3.78. The SMILES string of the molecule is COc1c2ccc(C(=O)Nc3ccc(C)c(C)c3)cc2nn1C. The van der Waals surface area contributed by atoms with E-state index in [1.807, 2.05) is 45.2 Å². The van der Waals surface area contributed by atoms with Crippen LogP contribution in [0.15, 0.2) is 36.4 Å². The zero-order valence-electron chi connectivity index (χ0n) is 13.7. The van der Waals surface area contributed by atoms with E-state index >= 15 is 0 Å². The monoisotopic (exact) mass is 309 g/mol. The van der Waals surface area contributed by atoms with E-state index in [9.17, 15) is 4.79 Å². The molecule has 0 aliphatic carbocycles. The number of nitrogens with zero attached hydrogens (tertiary/aromatic N) is 2. The van der Waals surface area contributed by atoms with Crippen LogP contribution < -0.4 is 10.1 Å². The van der Waals surface area contributed by atoms with Crippen LogP contribution in [0.3, 0.4) is 0 Å². The van der Waals surface area contributed by atoms with E-state index in [-0.39, 0.29) is 5.91 Å². The molecular weight excluding hydrogens is 290 g/mol. The number of ether oxygens (including phenoxy) is 1. The highest BCUT2D eigenvalue weighted by atomic mass is 16.5. The van der Waals surface area contributed by atoms with Gasteiger partial charge < -0.3 is 10.1 Å². The van der Waals surface area contributed by atoms with Crippen LogP contribution in [0.2, 0.25) is 0 Å². The van der Waals surface area contributed by atoms with Gasteiger partial charge in [0.1, 0.15) is 0 Å². The van der Waals surface area contributed by atoms with Crippen LogP contribution in [0.5, 0.6) is 5.88 Å². The fraction of sp³-hybridized carbons (Fsp3) is 0.222. The maximum Gasteiger partial charge on any atom is 0.255 e. The lowest BCUT2D eigenvalue weighted by Gasteiger charge is -2.08. The number of anilines is 1. The zero-order chi connectivity index (χ0) is 16.6. The van der Waals surface area contributed by atoms with Gasteiger partial charge in [0.2, 0.25) is 5.88 Å². The van der Waals surface area contributed by atoms with E-state index < -0.39 is 0 Å². The summed E-state index contributed by atoms with van der Waals surface area (Å²) in [7, 11) is 3.42. The van der Waals surface area contributed by atoms with Crippen LogP contribution in [0.1, 0.15) is 21.5 Å². The van der Waals surface area contributed by atoms with Gasteiger partial charge in [-0.1, -0.05) is 6.07 Å². The van der Waals surface area contributed by atoms with E-state index in [1.165, 1.54) is 5.56 Å². The molecule has 118 valence electrons. The molecule has 0 aliphatic heterocycles. The second kappa shape index (κ2) is 5.76. The van der Waals surface area contributed by atoms with Gasteiger partial charge in [-0.25, -0.2) is 4.68 Å². The molecular formula is C18H19N3O2. The van der Waals surface area contributed by atoms with Crippen molar-refractivity contribution >= 4 is 22.5 Å². The number of rotatable bonds is 3. The fourth-order valence-electron chi connectivity index (χ4n) is 2.58. The molecule has 0 bridgehead atoms. The number of aryl methyl sites for hydroxylation is 3. The topological polar surface area (TPSA) is 56.1 Å². The van der Waals surface area contributed by atoms with E-state index in [0.29, 0.717) is 11.4 Å². The smallest absolute Gasteiger partial charge is 0.255 e. The first-order valence-corrected chi connectivity index (χ1v) is 7.39. The molecule has 0 fully saturated rings. The molecule has 3 rings (SSSR count). The number of carbonyl (C=O) groups is 1. The highest BCUT2D eigenvalue weighted by Crippen LogP contribution is 2.25. The standard InChI is InChI=1S/C18H19N3O2/c1-11-5-7-14(9-12(11)2)19-17(22)13-6-8-15-16(10-13)20-21(3)18(15)23-4/h5-10H,1-4H3,(H,19,22). The molecule has 0 unspecified atom stereocenters. The van der Waals surface area contributed by atoms with Gasteiger partial charge >= 0.3 is 0 Å². The molecule has 0 saturated carbocycles. The summed E-state index contributed by atoms with van der Waals surface area (Å²) in [4.78, 5) is 12.4. The van der Waals surface area contributed by atoms with Gasteiger partial charge in [-0.2, -0.15) is 5.10 Å². The normalized spacial score (nSPS) is 10.8. The van der Waals surface area contributed by atoms with E-state index in [2.05, 4.69) is 10.4 Å². The summed E-state index contributed by atoms with van der Waals surface area (Å²) in [5.41, 5.74) is 4.43. The summed E-state index contributed by atoms with van der Waals surface area (Å²) >= 11 is 0. The number of fused-ring (bicyclic) bond motifs is 1. The number of hydrogen-bond donors (Lipinski definition) is 1. The van der Waals surface area contributed by atoms with E-state index in [4.69, 9.17) is 4.74 Å². The van der Waals surface area contributed by atoms with Gasteiger partial charge in [-0.05, 0) is 55.3 Å². The average molecular weight is 309 g/mol. The van der Waals surface area contributed by atoms with Crippen molar-refractivity contribution in [2.24, 2.45) is 7.05 Å². The van der Waals surface area contributed by atoms with Gasteiger partial charge in [0.15, 0.2) is 0 Å². The lowest BCUT2D eigenvalue weighted by Crippen LogP contribution is -2.11. The lowest BCUT2D eigenvalue weighted by atomic mass is 10.1. The molecule has 5 nitrogen and oxygen atoms in total. The molecule has 0 spiro atoms. The molecule has 23 heavy (non-hydrogen) atoms. The van der Waals surface area contributed by atoms with Crippen molar-refractivity contribution < 1.29 is 9.53 Å². The third-order valence-corrected chi connectivity index (χ3v) is 4.00. The Morgan fingerprint density at radius 3 is 2.61 bits per heavy atom. The number of amides is 1. The second-order valence-electron chi connectivity index (χ2n) is 5.62. The van der Waals surface area contributed by atoms with Gasteiger partial charge in [0, 0.05) is 18.3 Å². The number of hydrogen-bond acceptors (Lipinski definition) is 3. The molecule has 1 amide bonds. The average Bonchev–Trinajstić information content (AvgIpc) is 2.85. The van der Waals surface area contributed by atoms with Crippen molar-refractivity contribution in [2.75, 3.05) is 12.4 Å². The molecule has 0 saturated heterocycles. The Morgan fingerprint density at radius 1 is 1.13 bits per heavy atom. The summed E-state index contributed by atoms with van der Waals surface area (Å²) in [6.07, 6.45) is 0. The molecule has 2 aromatic carbocycles. The molecule has 0 radical (unpaired) electrons. The van der Waals surface area contributed by atoms with E-state index in [1.54, 1.807) is 23.9 Å². The maximum absolute atomic E-state index is 12.4. The van der Waals surface area contributed by atoms with Crippen LogP contribution in [-0.2, 0) is 7.05 Å². The highest BCUT2D eigenvalue weighted by Gasteiger charge is 2.13. The largest absolute Gasteiger partial charge is 0.481 e. The fourth-order valence-corrected chi connectivity index (χ4v) is 2.58. The summed E-state index contributed by atoms with van der Waals surface area (Å²) < 4.78 is 6.98. The van der Waals surface area contributed by atoms with Crippen LogP contribution in [-0.4, -0.2) is 22.8 Å². The first-order valence-electron chi connectivity index (χ1n) is 7.39. The Morgan fingerprint density at radius 2 is 1.91 bits per heavy atom. The molecule has 5 heteroatoms. The predicted octanol–water partition coefficient (Wildman–Crippen LogP) is 3.45. The minimum absolute atomic E-state index is 0.153. The molecule has 0 atom stereocenters. The minimum atomic E-state index is -0.153. The molecule has 0 aliphatic rings. The van der Waals surface area contributed by atoms with Crippen molar-refractivity contribution in [3.63, 3.8) is 0 Å². The number of methoxy groups -OCH3 is 1. The van der Waals surface area contributed by atoms with Crippen molar-refractivity contribution in [2.45, 2.75) is 13.8 Å². The summed E-state index contributed by atoms with van der Waals surface area (Å²) in [5.74, 6) is 0.529. The maximum atomic E-state index is 12.4. The van der Waals surface area contributed by atoms with Gasteiger partial charge in [-0.15, -0.1) is 0 Å². The van der Waals surface area contributed by atoms with Gasteiger partial charge in [0.05, 0.1) is 18.0 Å². The Bertz CT molecular complexity index is 897. The van der Waals surface area contributed by atoms with Crippen LogP contribution in [0.4, 0.5) is 5.69 Å². The molecule has 3 aromatic rings. The zero-order valence-corrected chi connectivity index (χ0v) is 13.7. The van der Waals surface area contributed by atoms with Gasteiger partial charge in [-0.3, -0.25) is 4.79 Å². The summed E-state index contributed by atoms with van der Waals surface area (Å²) in [6, 6.07) is 11.3. The number of carbonyl (C=O) groups excluding carboxylic acids is 1. The molecule has 1 N–H and O–H groups in total. The Labute approximate surface area is 134 Å². The second-order valence-corrected chi connectivity index (χ2v) is 5.62. The van der Waals surface area contributed by atoms with Crippen LogP contribution in [0, 0.1) is 13.8 Å². The number of benzene rings is 2. The quantitative estimate of drug-likeness (QED) is 0.806. The van der Waals surface area contributed by atoms with Crippen LogP contribution in [0.25, 0.3) is 10.9 Å². The van der Waals surface area contributed by atoms with Crippen molar-refractivity contribution in [1.29, 1.82) is 0 Å². The predicted molar refractivity (Wildman–Crippen MR) is 91.1 cm³/mol. The highest BCUT2D eigenvalue weighted by molar-refractivity contribution is 6.06. The van der Waals surface area contributed by atoms with Gasteiger partial charge in [0.25, 0.3) is 5.91 Å². The minimum Gasteiger partial charge on any atom is -0.481 e. The van der Waals surface area contributed by atoms with E-state index in [0.717, 1.165) is 22.2 Å². The number of nitrogens with one attached hydrogen (secondary N) is 1. The van der Waals surface area contributed by atoms with Crippen molar-refractivity contribution in [3.8, 4) is 5.88 Å². The van der Waals surface area contributed by atoms with Crippen molar-refractivity contribution in [1.82, 2.24) is 9.78 Å². The molecule has 1 heterocycles. The third kappa shape index (κ3) is 2.77. The summed E-state index contributed by atoms with van der Waals surface area (Å²) in [6.45, 7) is 4.07. The van der Waals surface area contributed by atoms with Crippen LogP contribution >= 0.6 is 0 Å². The first kappa shape index (κ1) is 15.1. The summed E-state index contributed by atoms with van der Waals surface area (Å²) in [5, 5.41) is 8.18. The third-order valence-electron chi connectivity index (χ3n) is 4.00.